The highest BCUT2D eigenvalue weighted by Gasteiger charge is 2.20. The summed E-state index contributed by atoms with van der Waals surface area (Å²) in [6, 6.07) is 9.79. The van der Waals surface area contributed by atoms with Gasteiger partial charge < -0.3 is 0 Å². The zero-order valence-electron chi connectivity index (χ0n) is 17.5. The van der Waals surface area contributed by atoms with Crippen molar-refractivity contribution < 1.29 is 13.0 Å². The molecule has 2 aromatic rings. The van der Waals surface area contributed by atoms with E-state index in [4.69, 9.17) is 0 Å². The molecule has 156 valence electrons. The molecular formula is C24H36O3S. The van der Waals surface area contributed by atoms with Crippen LogP contribution in [0.1, 0.15) is 89.2 Å². The first kappa shape index (κ1) is 22.9. The lowest BCUT2D eigenvalue weighted by Crippen LogP contribution is -2.05. The molecule has 0 saturated carbocycles. The van der Waals surface area contributed by atoms with Gasteiger partial charge >= 0.3 is 0 Å². The lowest BCUT2D eigenvalue weighted by molar-refractivity contribution is 0.483. The molecule has 0 aromatic heterocycles. The van der Waals surface area contributed by atoms with Crippen molar-refractivity contribution in [3.8, 4) is 0 Å². The van der Waals surface area contributed by atoms with Gasteiger partial charge in [0.1, 0.15) is 4.90 Å². The third-order valence-corrected chi connectivity index (χ3v) is 6.54. The van der Waals surface area contributed by atoms with Crippen LogP contribution in [0.25, 0.3) is 10.8 Å². The monoisotopic (exact) mass is 404 g/mol. The summed E-state index contributed by atoms with van der Waals surface area (Å²) in [4.78, 5) is 0.119. The standard InChI is InChI=1S/C24H36O3S/c1-3-5-7-9-11-14-20-16-13-17-23-22(20)19-18-21(24(23)28(25,26)27)15-12-10-8-6-4-2/h13,16-19H,3-12,14-15H2,1-2H3,(H,25,26,27). The normalized spacial score (nSPS) is 12.0. The first-order chi connectivity index (χ1) is 13.5. The van der Waals surface area contributed by atoms with E-state index in [1.165, 1.54) is 50.5 Å². The third-order valence-electron chi connectivity index (χ3n) is 5.54. The van der Waals surface area contributed by atoms with Crippen LogP contribution in [0.5, 0.6) is 0 Å². The lowest BCUT2D eigenvalue weighted by Gasteiger charge is -2.14. The summed E-state index contributed by atoms with van der Waals surface area (Å²) in [7, 11) is -4.26. The van der Waals surface area contributed by atoms with E-state index in [1.54, 1.807) is 0 Å². The van der Waals surface area contributed by atoms with Crippen molar-refractivity contribution in [1.29, 1.82) is 0 Å². The largest absolute Gasteiger partial charge is 0.295 e. The first-order valence-corrected chi connectivity index (χ1v) is 12.4. The number of fused-ring (bicyclic) bond motifs is 1. The summed E-state index contributed by atoms with van der Waals surface area (Å²) in [6.45, 7) is 4.39. The summed E-state index contributed by atoms with van der Waals surface area (Å²) in [5, 5.41) is 1.62. The molecule has 28 heavy (non-hydrogen) atoms. The molecule has 0 radical (unpaired) electrons. The van der Waals surface area contributed by atoms with Gasteiger partial charge in [0.05, 0.1) is 0 Å². The number of aryl methyl sites for hydroxylation is 2. The van der Waals surface area contributed by atoms with Crippen molar-refractivity contribution in [2.75, 3.05) is 0 Å². The molecule has 0 aliphatic heterocycles. The van der Waals surface area contributed by atoms with Crippen molar-refractivity contribution in [2.45, 2.75) is 95.8 Å². The zero-order chi connectivity index (χ0) is 20.4. The van der Waals surface area contributed by atoms with E-state index < -0.39 is 10.1 Å². The van der Waals surface area contributed by atoms with Crippen molar-refractivity contribution >= 4 is 20.9 Å². The highest BCUT2D eigenvalue weighted by atomic mass is 32.2. The average molecular weight is 405 g/mol. The molecule has 0 bridgehead atoms. The number of hydrogen-bond acceptors (Lipinski definition) is 2. The van der Waals surface area contributed by atoms with Crippen LogP contribution >= 0.6 is 0 Å². The summed E-state index contributed by atoms with van der Waals surface area (Å²) in [5.74, 6) is 0. The van der Waals surface area contributed by atoms with E-state index >= 15 is 0 Å². The van der Waals surface area contributed by atoms with Crippen LogP contribution in [0.2, 0.25) is 0 Å². The number of benzene rings is 2. The molecule has 4 heteroatoms. The fourth-order valence-corrected chi connectivity index (χ4v) is 4.96. The fourth-order valence-electron chi connectivity index (χ4n) is 4.00. The van der Waals surface area contributed by atoms with Crippen LogP contribution in [0, 0.1) is 0 Å². The molecule has 0 fully saturated rings. The van der Waals surface area contributed by atoms with Crippen LogP contribution in [0.4, 0.5) is 0 Å². The Labute approximate surface area is 171 Å². The molecule has 0 aliphatic rings. The van der Waals surface area contributed by atoms with E-state index in [-0.39, 0.29) is 4.90 Å². The second-order valence-electron chi connectivity index (χ2n) is 7.87. The Balaban J connectivity index is 2.25. The van der Waals surface area contributed by atoms with E-state index in [0.717, 1.165) is 36.6 Å². The Bertz CT molecular complexity index is 840. The Morgan fingerprint density at radius 2 is 1.25 bits per heavy atom. The fraction of sp³-hybridized carbons (Fsp3) is 0.583. The van der Waals surface area contributed by atoms with Gasteiger partial charge in [-0.25, -0.2) is 0 Å². The van der Waals surface area contributed by atoms with Gasteiger partial charge in [0, 0.05) is 5.39 Å². The van der Waals surface area contributed by atoms with E-state index in [0.29, 0.717) is 11.8 Å². The third kappa shape index (κ3) is 6.59. The maximum absolute atomic E-state index is 12.2. The van der Waals surface area contributed by atoms with Crippen LogP contribution in [0.3, 0.4) is 0 Å². The molecule has 0 aliphatic carbocycles. The van der Waals surface area contributed by atoms with Crippen molar-refractivity contribution in [3.05, 3.63) is 41.5 Å². The molecule has 0 saturated heterocycles. The Morgan fingerprint density at radius 1 is 0.679 bits per heavy atom. The van der Waals surface area contributed by atoms with Gasteiger partial charge in [-0.05, 0) is 42.2 Å². The van der Waals surface area contributed by atoms with Gasteiger partial charge in [-0.2, -0.15) is 8.42 Å². The summed E-state index contributed by atoms with van der Waals surface area (Å²) in [5.41, 5.74) is 1.92. The van der Waals surface area contributed by atoms with Crippen LogP contribution in [0.15, 0.2) is 35.2 Å². The molecule has 2 rings (SSSR count). The molecular weight excluding hydrogens is 368 g/mol. The SMILES string of the molecule is CCCCCCCc1ccc2c(CCCCCCC)cccc2c1S(=O)(=O)O. The van der Waals surface area contributed by atoms with Crippen LogP contribution in [-0.4, -0.2) is 13.0 Å². The zero-order valence-corrected chi connectivity index (χ0v) is 18.4. The molecule has 0 spiro atoms. The molecule has 1 N–H and O–H groups in total. The molecule has 0 atom stereocenters. The predicted molar refractivity (Wildman–Crippen MR) is 119 cm³/mol. The Hall–Kier alpha value is -1.39. The van der Waals surface area contributed by atoms with Gasteiger partial charge in [0.25, 0.3) is 10.1 Å². The topological polar surface area (TPSA) is 54.4 Å². The highest BCUT2D eigenvalue weighted by molar-refractivity contribution is 7.86. The molecule has 0 amide bonds. The van der Waals surface area contributed by atoms with Gasteiger partial charge in [-0.15, -0.1) is 0 Å². The number of unbranched alkanes of at least 4 members (excludes halogenated alkanes) is 8. The minimum absolute atomic E-state index is 0.119. The summed E-state index contributed by atoms with van der Waals surface area (Å²) in [6.07, 6.45) is 13.3. The smallest absolute Gasteiger partial charge is 0.282 e. The van der Waals surface area contributed by atoms with E-state index in [1.807, 2.05) is 24.3 Å². The molecule has 0 heterocycles. The maximum atomic E-state index is 12.2. The predicted octanol–water partition coefficient (Wildman–Crippen LogP) is 7.11. The molecule has 0 unspecified atom stereocenters. The quantitative estimate of drug-likeness (QED) is 0.286. The second-order valence-corrected chi connectivity index (χ2v) is 9.23. The van der Waals surface area contributed by atoms with Crippen LogP contribution in [-0.2, 0) is 23.0 Å². The van der Waals surface area contributed by atoms with Crippen molar-refractivity contribution in [3.63, 3.8) is 0 Å². The number of rotatable bonds is 13. The first-order valence-electron chi connectivity index (χ1n) is 11.0. The lowest BCUT2D eigenvalue weighted by atomic mass is 9.96. The highest BCUT2D eigenvalue weighted by Crippen LogP contribution is 2.31. The summed E-state index contributed by atoms with van der Waals surface area (Å²) < 4.78 is 34.3. The van der Waals surface area contributed by atoms with Gasteiger partial charge in [0.15, 0.2) is 0 Å². The minimum atomic E-state index is -4.26. The molecule has 3 nitrogen and oxygen atoms in total. The van der Waals surface area contributed by atoms with E-state index in [2.05, 4.69) is 19.9 Å². The van der Waals surface area contributed by atoms with E-state index in [9.17, 15) is 13.0 Å². The van der Waals surface area contributed by atoms with Gasteiger partial charge in [-0.3, -0.25) is 4.55 Å². The number of hydrogen-bond donors (Lipinski definition) is 1. The van der Waals surface area contributed by atoms with Gasteiger partial charge in [-0.1, -0.05) is 95.5 Å². The van der Waals surface area contributed by atoms with Gasteiger partial charge in [0.2, 0.25) is 0 Å². The van der Waals surface area contributed by atoms with Crippen molar-refractivity contribution in [2.24, 2.45) is 0 Å². The van der Waals surface area contributed by atoms with Crippen molar-refractivity contribution in [1.82, 2.24) is 0 Å². The Morgan fingerprint density at radius 3 is 1.82 bits per heavy atom. The Kier molecular flexibility index (Phi) is 9.46. The van der Waals surface area contributed by atoms with Crippen LogP contribution < -0.4 is 0 Å². The summed E-state index contributed by atoms with van der Waals surface area (Å²) >= 11 is 0. The maximum Gasteiger partial charge on any atom is 0.295 e. The second kappa shape index (κ2) is 11.6. The minimum Gasteiger partial charge on any atom is -0.282 e. The average Bonchev–Trinajstić information content (AvgIpc) is 2.66. The molecule has 2 aromatic carbocycles.